The highest BCUT2D eigenvalue weighted by atomic mass is 19.1. The molecule has 0 saturated carbocycles. The Labute approximate surface area is 101 Å². The van der Waals surface area contributed by atoms with E-state index in [4.69, 9.17) is 4.74 Å². The molecule has 98 valence electrons. The number of piperidine rings is 1. The van der Waals surface area contributed by atoms with E-state index in [0.29, 0.717) is 19.5 Å². The molecule has 0 aliphatic carbocycles. The second kappa shape index (κ2) is 4.53. The van der Waals surface area contributed by atoms with Gasteiger partial charge in [0.1, 0.15) is 17.9 Å². The number of rotatable bonds is 1. The van der Waals surface area contributed by atoms with Gasteiger partial charge in [0.2, 0.25) is 0 Å². The van der Waals surface area contributed by atoms with Crippen LogP contribution in [0.1, 0.15) is 27.2 Å². The molecule has 4 nitrogen and oxygen atoms in total. The molecule has 2 saturated heterocycles. The maximum absolute atomic E-state index is 14.1. The molecule has 1 N–H and O–H groups in total. The molecule has 5 heteroatoms. The molecule has 0 unspecified atom stereocenters. The summed E-state index contributed by atoms with van der Waals surface area (Å²) in [5.41, 5.74) is -0.803. The molecule has 0 radical (unpaired) electrons. The van der Waals surface area contributed by atoms with E-state index < -0.39 is 17.9 Å². The SMILES string of the molecule is CC(C)N1C[C@@]2(CCNC[C@H]2F)O[C@H](C)C1=O. The number of morpholine rings is 1. The summed E-state index contributed by atoms with van der Waals surface area (Å²) in [5, 5.41) is 3.02. The lowest BCUT2D eigenvalue weighted by Crippen LogP contribution is -2.67. The van der Waals surface area contributed by atoms with Gasteiger partial charge in [0, 0.05) is 12.6 Å². The summed E-state index contributed by atoms with van der Waals surface area (Å²) in [6, 6.07) is 0.0906. The first-order valence-corrected chi connectivity index (χ1v) is 6.29. The summed E-state index contributed by atoms with van der Waals surface area (Å²) in [4.78, 5) is 13.7. The number of nitrogens with one attached hydrogen (secondary N) is 1. The third-order valence-corrected chi connectivity index (χ3v) is 3.72. The van der Waals surface area contributed by atoms with E-state index in [1.54, 1.807) is 11.8 Å². The molecular weight excluding hydrogens is 223 g/mol. The summed E-state index contributed by atoms with van der Waals surface area (Å²) < 4.78 is 19.8. The van der Waals surface area contributed by atoms with Gasteiger partial charge in [0.05, 0.1) is 6.54 Å². The largest absolute Gasteiger partial charge is 0.357 e. The first-order valence-electron chi connectivity index (χ1n) is 6.29. The van der Waals surface area contributed by atoms with Crippen molar-refractivity contribution in [3.63, 3.8) is 0 Å². The van der Waals surface area contributed by atoms with Crippen LogP contribution in [0.5, 0.6) is 0 Å². The lowest BCUT2D eigenvalue weighted by Gasteiger charge is -2.49. The Morgan fingerprint density at radius 3 is 2.88 bits per heavy atom. The van der Waals surface area contributed by atoms with Gasteiger partial charge in [0.25, 0.3) is 5.91 Å². The Morgan fingerprint density at radius 1 is 1.59 bits per heavy atom. The van der Waals surface area contributed by atoms with Crippen LogP contribution in [0, 0.1) is 0 Å². The van der Waals surface area contributed by atoms with Gasteiger partial charge >= 0.3 is 0 Å². The Morgan fingerprint density at radius 2 is 2.29 bits per heavy atom. The fraction of sp³-hybridized carbons (Fsp3) is 0.917. The number of hydrogen-bond donors (Lipinski definition) is 1. The van der Waals surface area contributed by atoms with E-state index >= 15 is 0 Å². The van der Waals surface area contributed by atoms with Crippen molar-refractivity contribution < 1.29 is 13.9 Å². The van der Waals surface area contributed by atoms with Crippen LogP contribution >= 0.6 is 0 Å². The second-order valence-corrected chi connectivity index (χ2v) is 5.31. The van der Waals surface area contributed by atoms with Crippen molar-refractivity contribution >= 4 is 5.91 Å². The highest BCUT2D eigenvalue weighted by Crippen LogP contribution is 2.33. The smallest absolute Gasteiger partial charge is 0.251 e. The summed E-state index contributed by atoms with van der Waals surface area (Å²) in [7, 11) is 0. The van der Waals surface area contributed by atoms with Gasteiger partial charge in [-0.3, -0.25) is 4.79 Å². The van der Waals surface area contributed by atoms with Crippen molar-refractivity contribution in [1.82, 2.24) is 10.2 Å². The minimum atomic E-state index is -1.05. The lowest BCUT2D eigenvalue weighted by molar-refractivity contribution is -0.203. The minimum Gasteiger partial charge on any atom is -0.357 e. The number of nitrogens with zero attached hydrogens (tertiary/aromatic N) is 1. The van der Waals surface area contributed by atoms with Gasteiger partial charge in [-0.15, -0.1) is 0 Å². The molecule has 17 heavy (non-hydrogen) atoms. The van der Waals surface area contributed by atoms with Crippen molar-refractivity contribution in [3.8, 4) is 0 Å². The normalized spacial score (nSPS) is 39.1. The van der Waals surface area contributed by atoms with Crippen molar-refractivity contribution in [2.75, 3.05) is 19.6 Å². The highest BCUT2D eigenvalue weighted by Gasteiger charge is 2.50. The number of ether oxygens (including phenoxy) is 1. The van der Waals surface area contributed by atoms with Crippen molar-refractivity contribution in [3.05, 3.63) is 0 Å². The molecule has 1 amide bonds. The third-order valence-electron chi connectivity index (χ3n) is 3.72. The first kappa shape index (κ1) is 12.8. The Kier molecular flexibility index (Phi) is 3.41. The molecule has 1 spiro atoms. The van der Waals surface area contributed by atoms with Crippen LogP contribution in [0.3, 0.4) is 0 Å². The Hall–Kier alpha value is -0.680. The molecule has 0 bridgehead atoms. The quantitative estimate of drug-likeness (QED) is 0.738. The van der Waals surface area contributed by atoms with Crippen LogP contribution in [0.4, 0.5) is 4.39 Å². The number of carbonyl (C=O) groups is 1. The average Bonchev–Trinajstić information content (AvgIpc) is 2.27. The van der Waals surface area contributed by atoms with Crippen molar-refractivity contribution in [2.45, 2.75) is 51.1 Å². The number of hydrogen-bond acceptors (Lipinski definition) is 3. The van der Waals surface area contributed by atoms with Gasteiger partial charge < -0.3 is 15.0 Å². The molecular formula is C12H21FN2O2. The first-order chi connectivity index (χ1) is 7.96. The summed E-state index contributed by atoms with van der Waals surface area (Å²) >= 11 is 0. The van der Waals surface area contributed by atoms with Gasteiger partial charge in [-0.05, 0) is 33.7 Å². The summed E-state index contributed by atoms with van der Waals surface area (Å²) in [6.07, 6.45) is -0.967. The van der Waals surface area contributed by atoms with E-state index in [1.165, 1.54) is 0 Å². The minimum absolute atomic E-state index is 0.0312. The monoisotopic (exact) mass is 244 g/mol. The molecule has 2 aliphatic heterocycles. The molecule has 3 atom stereocenters. The second-order valence-electron chi connectivity index (χ2n) is 5.31. The molecule has 0 aromatic carbocycles. The van der Waals surface area contributed by atoms with Crippen LogP contribution in [0.25, 0.3) is 0 Å². The van der Waals surface area contributed by atoms with Crippen LogP contribution < -0.4 is 5.32 Å². The molecule has 0 aromatic heterocycles. The Balaban J connectivity index is 2.22. The van der Waals surface area contributed by atoms with E-state index in [9.17, 15) is 9.18 Å². The maximum atomic E-state index is 14.1. The van der Waals surface area contributed by atoms with Crippen LogP contribution in [0.2, 0.25) is 0 Å². The van der Waals surface area contributed by atoms with E-state index in [1.807, 2.05) is 13.8 Å². The molecule has 2 rings (SSSR count). The van der Waals surface area contributed by atoms with E-state index in [0.717, 1.165) is 6.54 Å². The number of alkyl halides is 1. The standard InChI is InChI=1S/C12H21FN2O2/c1-8(2)15-7-12(17-9(3)11(15)16)4-5-14-6-10(12)13/h8-10,14H,4-7H2,1-3H3/t9-,10-,12-/m1/s1. The fourth-order valence-corrected chi connectivity index (χ4v) is 2.66. The van der Waals surface area contributed by atoms with E-state index in [2.05, 4.69) is 5.32 Å². The zero-order valence-electron chi connectivity index (χ0n) is 10.7. The molecule has 2 fully saturated rings. The van der Waals surface area contributed by atoms with Gasteiger partial charge in [-0.2, -0.15) is 0 Å². The third kappa shape index (κ3) is 2.18. The molecule has 0 aromatic rings. The molecule has 2 heterocycles. The highest BCUT2D eigenvalue weighted by molar-refractivity contribution is 5.81. The van der Waals surface area contributed by atoms with Crippen LogP contribution in [0.15, 0.2) is 0 Å². The predicted molar refractivity (Wildman–Crippen MR) is 62.5 cm³/mol. The molecule has 2 aliphatic rings. The van der Waals surface area contributed by atoms with Gasteiger partial charge in [-0.1, -0.05) is 0 Å². The topological polar surface area (TPSA) is 41.6 Å². The van der Waals surface area contributed by atoms with Gasteiger partial charge in [0.15, 0.2) is 0 Å². The number of halogens is 1. The van der Waals surface area contributed by atoms with E-state index in [-0.39, 0.29) is 11.9 Å². The fourth-order valence-electron chi connectivity index (χ4n) is 2.66. The number of amides is 1. The Bertz CT molecular complexity index is 311. The predicted octanol–water partition coefficient (Wildman–Crippen LogP) is 0.712. The van der Waals surface area contributed by atoms with Crippen LogP contribution in [-0.2, 0) is 9.53 Å². The maximum Gasteiger partial charge on any atom is 0.251 e. The average molecular weight is 244 g/mol. The zero-order chi connectivity index (χ0) is 12.6. The van der Waals surface area contributed by atoms with Gasteiger partial charge in [-0.25, -0.2) is 4.39 Å². The number of carbonyl (C=O) groups excluding carboxylic acids is 1. The zero-order valence-corrected chi connectivity index (χ0v) is 10.7. The van der Waals surface area contributed by atoms with Crippen LogP contribution in [-0.4, -0.2) is 54.4 Å². The van der Waals surface area contributed by atoms with Crippen molar-refractivity contribution in [2.24, 2.45) is 0 Å². The summed E-state index contributed by atoms with van der Waals surface area (Å²) in [5.74, 6) is -0.0312. The summed E-state index contributed by atoms with van der Waals surface area (Å²) in [6.45, 7) is 7.06. The lowest BCUT2D eigenvalue weighted by atomic mass is 9.87. The van der Waals surface area contributed by atoms with Crippen molar-refractivity contribution in [1.29, 1.82) is 0 Å².